The molecule has 0 saturated carbocycles. The van der Waals surface area contributed by atoms with E-state index in [1.54, 1.807) is 14.2 Å². The van der Waals surface area contributed by atoms with Crippen LogP contribution in [0.15, 0.2) is 45.3 Å². The molecular formula is C15H15Br2NO2. The molecule has 0 atom stereocenters. The van der Waals surface area contributed by atoms with Crippen molar-refractivity contribution in [2.24, 2.45) is 0 Å². The van der Waals surface area contributed by atoms with Crippen LogP contribution in [0.3, 0.4) is 0 Å². The minimum absolute atomic E-state index is 0.669. The van der Waals surface area contributed by atoms with Gasteiger partial charge in [-0.25, -0.2) is 0 Å². The zero-order chi connectivity index (χ0) is 14.5. The molecule has 0 spiro atoms. The van der Waals surface area contributed by atoms with Gasteiger partial charge in [0.15, 0.2) is 0 Å². The number of hydrogen-bond donors (Lipinski definition) is 1. The van der Waals surface area contributed by atoms with Gasteiger partial charge in [-0.1, -0.05) is 15.9 Å². The van der Waals surface area contributed by atoms with Gasteiger partial charge in [0.05, 0.1) is 14.2 Å². The van der Waals surface area contributed by atoms with Crippen LogP contribution in [0.5, 0.6) is 11.5 Å². The highest BCUT2D eigenvalue weighted by molar-refractivity contribution is 9.11. The first kappa shape index (κ1) is 15.2. The van der Waals surface area contributed by atoms with Gasteiger partial charge in [-0.15, -0.1) is 0 Å². The van der Waals surface area contributed by atoms with Gasteiger partial charge in [0, 0.05) is 32.8 Å². The molecule has 0 aliphatic heterocycles. The molecule has 20 heavy (non-hydrogen) atoms. The average Bonchev–Trinajstić information content (AvgIpc) is 2.48. The van der Waals surface area contributed by atoms with Crippen LogP contribution in [-0.4, -0.2) is 14.2 Å². The van der Waals surface area contributed by atoms with Crippen LogP contribution >= 0.6 is 31.9 Å². The summed E-state index contributed by atoms with van der Waals surface area (Å²) in [6.07, 6.45) is 0. The molecule has 2 aromatic carbocycles. The van der Waals surface area contributed by atoms with E-state index in [0.29, 0.717) is 6.54 Å². The Balaban J connectivity index is 2.16. The van der Waals surface area contributed by atoms with Crippen LogP contribution in [0.2, 0.25) is 0 Å². The third kappa shape index (κ3) is 3.67. The molecule has 0 unspecified atom stereocenters. The molecule has 0 bridgehead atoms. The third-order valence-electron chi connectivity index (χ3n) is 2.89. The van der Waals surface area contributed by atoms with E-state index in [2.05, 4.69) is 37.2 Å². The summed E-state index contributed by atoms with van der Waals surface area (Å²) < 4.78 is 12.6. The summed E-state index contributed by atoms with van der Waals surface area (Å²) in [5, 5.41) is 3.38. The second kappa shape index (κ2) is 6.99. The molecular weight excluding hydrogens is 386 g/mol. The molecule has 3 nitrogen and oxygen atoms in total. The van der Waals surface area contributed by atoms with E-state index in [1.807, 2.05) is 36.4 Å². The van der Waals surface area contributed by atoms with Crippen LogP contribution in [0.25, 0.3) is 0 Å². The molecule has 0 saturated heterocycles. The van der Waals surface area contributed by atoms with Crippen LogP contribution in [0, 0.1) is 0 Å². The molecule has 0 aromatic heterocycles. The molecule has 2 aromatic rings. The summed E-state index contributed by atoms with van der Waals surface area (Å²) in [5.41, 5.74) is 2.09. The Labute approximate surface area is 135 Å². The smallest absolute Gasteiger partial charge is 0.127 e. The summed E-state index contributed by atoms with van der Waals surface area (Å²) in [6.45, 7) is 0.669. The van der Waals surface area contributed by atoms with Crippen molar-refractivity contribution in [3.05, 3.63) is 50.9 Å². The molecule has 0 aliphatic rings. The van der Waals surface area contributed by atoms with Gasteiger partial charge in [-0.2, -0.15) is 0 Å². The number of halogens is 2. The molecule has 0 fully saturated rings. The molecule has 0 heterocycles. The van der Waals surface area contributed by atoms with Gasteiger partial charge in [-0.3, -0.25) is 0 Å². The topological polar surface area (TPSA) is 30.5 Å². The first-order valence-corrected chi connectivity index (χ1v) is 7.62. The Hall–Kier alpha value is -1.20. The predicted molar refractivity (Wildman–Crippen MR) is 88.7 cm³/mol. The summed E-state index contributed by atoms with van der Waals surface area (Å²) in [4.78, 5) is 0. The number of methoxy groups -OCH3 is 2. The number of nitrogens with one attached hydrogen (secondary N) is 1. The molecule has 106 valence electrons. The lowest BCUT2D eigenvalue weighted by Crippen LogP contribution is -2.02. The highest BCUT2D eigenvalue weighted by atomic mass is 79.9. The Kier molecular flexibility index (Phi) is 5.31. The fraction of sp³-hybridized carbons (Fsp3) is 0.200. The third-order valence-corrected chi connectivity index (χ3v) is 4.08. The normalized spacial score (nSPS) is 10.2. The van der Waals surface area contributed by atoms with Gasteiger partial charge < -0.3 is 14.8 Å². The van der Waals surface area contributed by atoms with Crippen molar-refractivity contribution in [3.8, 4) is 11.5 Å². The van der Waals surface area contributed by atoms with Crippen LogP contribution in [-0.2, 0) is 6.54 Å². The fourth-order valence-electron chi connectivity index (χ4n) is 1.82. The standard InChI is InChI=1S/C15H15Br2NO2/c1-19-12-5-3-10(15(8-12)20-2)9-18-14-7-11(16)4-6-13(14)17/h3-8,18H,9H2,1-2H3. The Morgan fingerprint density at radius 2 is 1.80 bits per heavy atom. The van der Waals surface area contributed by atoms with Crippen molar-refractivity contribution in [2.75, 3.05) is 19.5 Å². The zero-order valence-corrected chi connectivity index (χ0v) is 14.4. The van der Waals surface area contributed by atoms with Crippen LogP contribution in [0.4, 0.5) is 5.69 Å². The lowest BCUT2D eigenvalue weighted by molar-refractivity contribution is 0.391. The Bertz CT molecular complexity index is 602. The van der Waals surface area contributed by atoms with Crippen LogP contribution < -0.4 is 14.8 Å². The lowest BCUT2D eigenvalue weighted by Gasteiger charge is -2.13. The minimum atomic E-state index is 0.669. The van der Waals surface area contributed by atoms with Crippen molar-refractivity contribution >= 4 is 37.5 Å². The van der Waals surface area contributed by atoms with Crippen molar-refractivity contribution in [1.29, 1.82) is 0 Å². The zero-order valence-electron chi connectivity index (χ0n) is 11.2. The number of rotatable bonds is 5. The van der Waals surface area contributed by atoms with Crippen molar-refractivity contribution in [1.82, 2.24) is 0 Å². The second-order valence-electron chi connectivity index (χ2n) is 4.16. The van der Waals surface area contributed by atoms with Crippen LogP contribution in [0.1, 0.15) is 5.56 Å². The van der Waals surface area contributed by atoms with Crippen molar-refractivity contribution in [3.63, 3.8) is 0 Å². The summed E-state index contributed by atoms with van der Waals surface area (Å²) in [7, 11) is 3.30. The summed E-state index contributed by atoms with van der Waals surface area (Å²) in [5.74, 6) is 1.59. The van der Waals surface area contributed by atoms with E-state index < -0.39 is 0 Å². The largest absolute Gasteiger partial charge is 0.497 e. The van der Waals surface area contributed by atoms with E-state index in [1.165, 1.54) is 0 Å². The van der Waals surface area contributed by atoms with E-state index in [-0.39, 0.29) is 0 Å². The predicted octanol–water partition coefficient (Wildman–Crippen LogP) is 4.84. The first-order valence-electron chi connectivity index (χ1n) is 6.04. The summed E-state index contributed by atoms with van der Waals surface area (Å²) >= 11 is 7.00. The summed E-state index contributed by atoms with van der Waals surface area (Å²) in [6, 6.07) is 11.8. The number of ether oxygens (including phenoxy) is 2. The van der Waals surface area contributed by atoms with Gasteiger partial charge >= 0.3 is 0 Å². The van der Waals surface area contributed by atoms with Gasteiger partial charge in [-0.05, 0) is 46.3 Å². The number of anilines is 1. The molecule has 0 radical (unpaired) electrons. The van der Waals surface area contributed by atoms with E-state index >= 15 is 0 Å². The average molecular weight is 401 g/mol. The van der Waals surface area contributed by atoms with Gasteiger partial charge in [0.2, 0.25) is 0 Å². The fourth-order valence-corrected chi connectivity index (χ4v) is 2.57. The quantitative estimate of drug-likeness (QED) is 0.778. The van der Waals surface area contributed by atoms with Gasteiger partial charge in [0.1, 0.15) is 11.5 Å². The maximum Gasteiger partial charge on any atom is 0.127 e. The minimum Gasteiger partial charge on any atom is -0.497 e. The molecule has 1 N–H and O–H groups in total. The first-order chi connectivity index (χ1) is 9.63. The van der Waals surface area contributed by atoms with Crippen molar-refractivity contribution < 1.29 is 9.47 Å². The molecule has 5 heteroatoms. The SMILES string of the molecule is COc1ccc(CNc2cc(Br)ccc2Br)c(OC)c1. The Morgan fingerprint density at radius 3 is 2.50 bits per heavy atom. The van der Waals surface area contributed by atoms with E-state index in [4.69, 9.17) is 9.47 Å². The number of benzene rings is 2. The molecule has 2 rings (SSSR count). The maximum absolute atomic E-state index is 5.39. The van der Waals surface area contributed by atoms with Gasteiger partial charge in [0.25, 0.3) is 0 Å². The molecule has 0 amide bonds. The van der Waals surface area contributed by atoms with Crippen molar-refractivity contribution in [2.45, 2.75) is 6.54 Å². The van der Waals surface area contributed by atoms with E-state index in [0.717, 1.165) is 31.7 Å². The monoisotopic (exact) mass is 399 g/mol. The second-order valence-corrected chi connectivity index (χ2v) is 5.93. The van der Waals surface area contributed by atoms with E-state index in [9.17, 15) is 0 Å². The lowest BCUT2D eigenvalue weighted by atomic mass is 10.2. The Morgan fingerprint density at radius 1 is 1.00 bits per heavy atom. The highest BCUT2D eigenvalue weighted by Gasteiger charge is 2.06. The molecule has 0 aliphatic carbocycles. The maximum atomic E-state index is 5.39. The highest BCUT2D eigenvalue weighted by Crippen LogP contribution is 2.29. The number of hydrogen-bond acceptors (Lipinski definition) is 3.